The number of amides is 1. The summed E-state index contributed by atoms with van der Waals surface area (Å²) in [6, 6.07) is 23.1. The van der Waals surface area contributed by atoms with E-state index < -0.39 is 21.9 Å². The summed E-state index contributed by atoms with van der Waals surface area (Å²) in [5.41, 5.74) is 3.17. The van der Waals surface area contributed by atoms with Crippen molar-refractivity contribution in [2.45, 2.75) is 32.6 Å². The number of aryl methyl sites for hydroxylation is 3. The highest BCUT2D eigenvalue weighted by Gasteiger charge is 2.35. The summed E-state index contributed by atoms with van der Waals surface area (Å²) in [5.74, 6) is -1.13. The Morgan fingerprint density at radius 3 is 2.14 bits per heavy atom. The monoisotopic (exact) mass is 601 g/mol. The zero-order valence-corrected chi connectivity index (χ0v) is 25.0. The molecule has 0 atom stereocenters. The van der Waals surface area contributed by atoms with Crippen molar-refractivity contribution in [2.24, 2.45) is 0 Å². The number of anilines is 1. The quantitative estimate of drug-likeness (QED) is 0.176. The molecular formula is C33H28ClNO6S. The zero-order valence-electron chi connectivity index (χ0n) is 23.5. The number of benzene rings is 4. The third-order valence-electron chi connectivity index (χ3n) is 6.80. The average molecular weight is 602 g/mol. The fraction of sp³-hybridized carbons (Fsp3) is 0.152. The lowest BCUT2D eigenvalue weighted by atomic mass is 10.1. The molecule has 1 amide bonds. The first-order valence-electron chi connectivity index (χ1n) is 13.2. The second-order valence-corrected chi connectivity index (χ2v) is 12.0. The number of esters is 1. The van der Waals surface area contributed by atoms with Crippen LogP contribution in [0.5, 0.6) is 0 Å². The SMILES string of the molecule is CCOC(=O)c1c(-c2ccccc2)oc2ccc(N(C(=O)c3ccc(Cl)cc3)S(=O)(=O)c3c(C)cc(C)cc3C)cc12. The Bertz CT molecular complexity index is 1910. The lowest BCUT2D eigenvalue weighted by Gasteiger charge is -2.25. The summed E-state index contributed by atoms with van der Waals surface area (Å²) >= 11 is 6.05. The smallest absolute Gasteiger partial charge is 0.342 e. The van der Waals surface area contributed by atoms with Crippen molar-refractivity contribution in [2.75, 3.05) is 10.9 Å². The number of ether oxygens (including phenoxy) is 1. The van der Waals surface area contributed by atoms with Crippen molar-refractivity contribution < 1.29 is 27.2 Å². The van der Waals surface area contributed by atoms with E-state index in [1.165, 1.54) is 36.4 Å². The molecule has 0 aliphatic rings. The summed E-state index contributed by atoms with van der Waals surface area (Å²) < 4.78 is 41.1. The Hall–Kier alpha value is -4.40. The molecule has 0 N–H and O–H groups in total. The van der Waals surface area contributed by atoms with Gasteiger partial charge in [-0.2, -0.15) is 4.31 Å². The molecule has 5 aromatic rings. The largest absolute Gasteiger partial charge is 0.462 e. The van der Waals surface area contributed by atoms with E-state index in [-0.39, 0.29) is 34.1 Å². The number of hydrogen-bond acceptors (Lipinski definition) is 6. The number of hydrogen-bond donors (Lipinski definition) is 0. The fourth-order valence-electron chi connectivity index (χ4n) is 5.15. The highest BCUT2D eigenvalue weighted by atomic mass is 35.5. The number of nitrogens with zero attached hydrogens (tertiary/aromatic N) is 1. The van der Waals surface area contributed by atoms with Crippen LogP contribution in [-0.4, -0.2) is 26.9 Å². The van der Waals surface area contributed by atoms with Crippen molar-refractivity contribution in [3.05, 3.63) is 118 Å². The minimum atomic E-state index is -4.44. The molecule has 0 saturated carbocycles. The van der Waals surface area contributed by atoms with E-state index in [4.69, 9.17) is 20.8 Å². The van der Waals surface area contributed by atoms with Crippen LogP contribution in [-0.2, 0) is 14.8 Å². The van der Waals surface area contributed by atoms with Gasteiger partial charge < -0.3 is 9.15 Å². The molecule has 1 heterocycles. The van der Waals surface area contributed by atoms with Gasteiger partial charge in [0.2, 0.25) is 0 Å². The van der Waals surface area contributed by atoms with Gasteiger partial charge in [-0.3, -0.25) is 4.79 Å². The number of carbonyl (C=O) groups excluding carboxylic acids is 2. The van der Waals surface area contributed by atoms with Gasteiger partial charge in [-0.15, -0.1) is 0 Å². The van der Waals surface area contributed by atoms with Crippen LogP contribution in [0.4, 0.5) is 5.69 Å². The van der Waals surface area contributed by atoms with Crippen LogP contribution < -0.4 is 4.31 Å². The van der Waals surface area contributed by atoms with Gasteiger partial charge in [-0.05, 0) is 81.3 Å². The first-order chi connectivity index (χ1) is 20.0. The van der Waals surface area contributed by atoms with Crippen LogP contribution in [0, 0.1) is 20.8 Å². The average Bonchev–Trinajstić information content (AvgIpc) is 3.32. The molecular weight excluding hydrogens is 574 g/mol. The van der Waals surface area contributed by atoms with E-state index in [2.05, 4.69) is 0 Å². The molecule has 42 heavy (non-hydrogen) atoms. The summed E-state index contributed by atoms with van der Waals surface area (Å²) in [7, 11) is -4.44. The van der Waals surface area contributed by atoms with E-state index >= 15 is 0 Å². The van der Waals surface area contributed by atoms with Crippen LogP contribution in [0.3, 0.4) is 0 Å². The molecule has 0 aliphatic carbocycles. The van der Waals surface area contributed by atoms with Crippen LogP contribution in [0.15, 0.2) is 94.2 Å². The van der Waals surface area contributed by atoms with Crippen LogP contribution in [0.25, 0.3) is 22.3 Å². The number of sulfonamides is 1. The van der Waals surface area contributed by atoms with E-state index in [0.717, 1.165) is 9.87 Å². The Morgan fingerprint density at radius 1 is 0.881 bits per heavy atom. The Labute approximate surface area is 249 Å². The van der Waals surface area contributed by atoms with Gasteiger partial charge in [0.25, 0.3) is 15.9 Å². The highest BCUT2D eigenvalue weighted by Crippen LogP contribution is 2.38. The standard InChI is InChI=1S/C33H28ClNO6S/c1-5-40-33(37)29-27-19-26(15-16-28(27)41-30(29)23-9-7-6-8-10-23)35(32(36)24-11-13-25(34)14-12-24)42(38,39)31-21(3)17-20(2)18-22(31)4/h6-19H,5H2,1-4H3. The second-order valence-electron chi connectivity index (χ2n) is 9.88. The van der Waals surface area contributed by atoms with Gasteiger partial charge in [0.05, 0.1) is 17.2 Å². The molecule has 0 spiro atoms. The van der Waals surface area contributed by atoms with E-state index in [9.17, 15) is 18.0 Å². The molecule has 5 rings (SSSR count). The van der Waals surface area contributed by atoms with Crippen molar-refractivity contribution in [3.63, 3.8) is 0 Å². The van der Waals surface area contributed by atoms with Gasteiger partial charge in [0.1, 0.15) is 16.9 Å². The molecule has 0 fully saturated rings. The maximum atomic E-state index is 14.4. The minimum absolute atomic E-state index is 0.0262. The summed E-state index contributed by atoms with van der Waals surface area (Å²) in [5, 5.41) is 0.713. The van der Waals surface area contributed by atoms with Crippen molar-refractivity contribution in [1.82, 2.24) is 0 Å². The second kappa shape index (κ2) is 11.5. The predicted octanol–water partition coefficient (Wildman–Crippen LogP) is 7.89. The molecule has 7 nitrogen and oxygen atoms in total. The maximum Gasteiger partial charge on any atom is 0.342 e. The van der Waals surface area contributed by atoms with E-state index in [1.807, 2.05) is 25.1 Å². The molecule has 9 heteroatoms. The summed E-state index contributed by atoms with van der Waals surface area (Å²) in [6.07, 6.45) is 0. The van der Waals surface area contributed by atoms with Gasteiger partial charge >= 0.3 is 5.97 Å². The predicted molar refractivity (Wildman–Crippen MR) is 164 cm³/mol. The van der Waals surface area contributed by atoms with Gasteiger partial charge in [0.15, 0.2) is 0 Å². The Kier molecular flexibility index (Phi) is 7.95. The molecule has 4 aromatic carbocycles. The van der Waals surface area contributed by atoms with Gasteiger partial charge in [-0.1, -0.05) is 59.6 Å². The van der Waals surface area contributed by atoms with Crippen LogP contribution >= 0.6 is 11.6 Å². The summed E-state index contributed by atoms with van der Waals surface area (Å²) in [6.45, 7) is 7.09. The lowest BCUT2D eigenvalue weighted by Crippen LogP contribution is -2.37. The highest BCUT2D eigenvalue weighted by molar-refractivity contribution is 7.93. The third kappa shape index (κ3) is 5.31. The summed E-state index contributed by atoms with van der Waals surface area (Å²) in [4.78, 5) is 27.3. The van der Waals surface area contributed by atoms with E-state index in [1.54, 1.807) is 51.1 Å². The molecule has 0 unspecified atom stereocenters. The van der Waals surface area contributed by atoms with Crippen molar-refractivity contribution in [1.29, 1.82) is 0 Å². The fourth-order valence-corrected chi connectivity index (χ4v) is 7.11. The number of halogens is 1. The van der Waals surface area contributed by atoms with Gasteiger partial charge in [0, 0.05) is 21.5 Å². The van der Waals surface area contributed by atoms with Crippen LogP contribution in [0.2, 0.25) is 5.02 Å². The number of carbonyl (C=O) groups is 2. The number of rotatable bonds is 7. The Morgan fingerprint density at radius 2 is 1.52 bits per heavy atom. The van der Waals surface area contributed by atoms with E-state index in [0.29, 0.717) is 32.7 Å². The van der Waals surface area contributed by atoms with Crippen molar-refractivity contribution >= 4 is 50.2 Å². The lowest BCUT2D eigenvalue weighted by molar-refractivity contribution is 0.0528. The molecule has 0 bridgehead atoms. The molecule has 214 valence electrons. The Balaban J connectivity index is 1.78. The van der Waals surface area contributed by atoms with Gasteiger partial charge in [-0.25, -0.2) is 13.2 Å². The van der Waals surface area contributed by atoms with Crippen LogP contribution in [0.1, 0.15) is 44.3 Å². The molecule has 0 aliphatic heterocycles. The minimum Gasteiger partial charge on any atom is -0.462 e. The molecule has 0 radical (unpaired) electrons. The third-order valence-corrected chi connectivity index (χ3v) is 9.07. The first kappa shape index (κ1) is 29.1. The number of furan rings is 1. The first-order valence-corrected chi connectivity index (χ1v) is 15.1. The zero-order chi connectivity index (χ0) is 30.2. The topological polar surface area (TPSA) is 93.9 Å². The molecule has 0 saturated heterocycles. The maximum absolute atomic E-state index is 14.4. The molecule has 1 aromatic heterocycles. The van der Waals surface area contributed by atoms with Crippen molar-refractivity contribution in [3.8, 4) is 11.3 Å². The number of fused-ring (bicyclic) bond motifs is 1. The normalized spacial score (nSPS) is 11.5.